The average molecular weight is 247 g/mol. The Balaban J connectivity index is 2.67. The van der Waals surface area contributed by atoms with Gasteiger partial charge in [-0.2, -0.15) is 0 Å². The van der Waals surface area contributed by atoms with E-state index in [2.05, 4.69) is 18.8 Å². The molecule has 0 aliphatic heterocycles. The van der Waals surface area contributed by atoms with Gasteiger partial charge in [-0.25, -0.2) is 0 Å². The van der Waals surface area contributed by atoms with E-state index in [1.807, 2.05) is 25.1 Å². The molecule has 0 fully saturated rings. The van der Waals surface area contributed by atoms with Gasteiger partial charge in [-0.1, -0.05) is 13.0 Å². The van der Waals surface area contributed by atoms with Crippen LogP contribution in [0, 0.1) is 11.8 Å². The Morgan fingerprint density at radius 1 is 1.22 bits per heavy atom. The molecule has 0 aliphatic carbocycles. The third kappa shape index (κ3) is 4.68. The molecule has 18 heavy (non-hydrogen) atoms. The van der Waals surface area contributed by atoms with Crippen molar-refractivity contribution in [3.63, 3.8) is 0 Å². The quantitative estimate of drug-likeness (QED) is 0.595. The SMILES string of the molecule is CC#CCCOc1cc(OCCC)ccc1CN. The van der Waals surface area contributed by atoms with Gasteiger partial charge in [0.2, 0.25) is 0 Å². The van der Waals surface area contributed by atoms with Crippen LogP contribution >= 0.6 is 0 Å². The Hall–Kier alpha value is -1.66. The zero-order valence-electron chi connectivity index (χ0n) is 11.2. The summed E-state index contributed by atoms with van der Waals surface area (Å²) in [5.74, 6) is 7.43. The topological polar surface area (TPSA) is 44.5 Å². The standard InChI is InChI=1S/C15H21NO2/c1-3-5-6-10-18-15-11-14(17-9-4-2)8-7-13(15)12-16/h7-8,11H,4,6,9-10,12,16H2,1-2H3. The minimum absolute atomic E-state index is 0.461. The van der Waals surface area contributed by atoms with Crippen LogP contribution in [0.1, 0.15) is 32.3 Å². The average Bonchev–Trinajstić information content (AvgIpc) is 2.41. The molecule has 1 aromatic carbocycles. The van der Waals surface area contributed by atoms with Crippen LogP contribution < -0.4 is 15.2 Å². The van der Waals surface area contributed by atoms with E-state index in [0.29, 0.717) is 19.8 Å². The smallest absolute Gasteiger partial charge is 0.127 e. The Labute approximate surface area is 109 Å². The molecule has 0 saturated carbocycles. The lowest BCUT2D eigenvalue weighted by Gasteiger charge is -2.12. The molecular weight excluding hydrogens is 226 g/mol. The Bertz CT molecular complexity index is 418. The fourth-order valence-corrected chi connectivity index (χ4v) is 1.48. The van der Waals surface area contributed by atoms with E-state index in [0.717, 1.165) is 29.9 Å². The maximum absolute atomic E-state index is 5.69. The maximum Gasteiger partial charge on any atom is 0.127 e. The largest absolute Gasteiger partial charge is 0.493 e. The van der Waals surface area contributed by atoms with Gasteiger partial charge in [0.1, 0.15) is 11.5 Å². The Morgan fingerprint density at radius 2 is 2.06 bits per heavy atom. The summed E-state index contributed by atoms with van der Waals surface area (Å²) in [5.41, 5.74) is 6.67. The molecule has 0 spiro atoms. The molecular formula is C15H21NO2. The summed E-state index contributed by atoms with van der Waals surface area (Å²) in [6.45, 7) is 5.65. The Morgan fingerprint density at radius 3 is 2.72 bits per heavy atom. The summed E-state index contributed by atoms with van der Waals surface area (Å²) in [6.07, 6.45) is 1.71. The maximum atomic E-state index is 5.69. The zero-order chi connectivity index (χ0) is 13.2. The zero-order valence-corrected chi connectivity index (χ0v) is 11.2. The number of hydrogen-bond donors (Lipinski definition) is 1. The summed E-state index contributed by atoms with van der Waals surface area (Å²) >= 11 is 0. The molecule has 1 aromatic rings. The van der Waals surface area contributed by atoms with Crippen LogP contribution in [0.4, 0.5) is 0 Å². The first kappa shape index (κ1) is 14.4. The van der Waals surface area contributed by atoms with Crippen LogP contribution in [-0.2, 0) is 6.54 Å². The number of hydrogen-bond acceptors (Lipinski definition) is 3. The van der Waals surface area contributed by atoms with Crippen LogP contribution in [0.15, 0.2) is 18.2 Å². The van der Waals surface area contributed by atoms with Crippen molar-refractivity contribution in [2.75, 3.05) is 13.2 Å². The monoisotopic (exact) mass is 247 g/mol. The molecule has 0 amide bonds. The van der Waals surface area contributed by atoms with E-state index in [9.17, 15) is 0 Å². The fourth-order valence-electron chi connectivity index (χ4n) is 1.48. The molecule has 3 heteroatoms. The molecule has 2 N–H and O–H groups in total. The van der Waals surface area contributed by atoms with E-state index in [1.165, 1.54) is 0 Å². The van der Waals surface area contributed by atoms with Gasteiger partial charge in [0, 0.05) is 24.6 Å². The van der Waals surface area contributed by atoms with E-state index in [4.69, 9.17) is 15.2 Å². The van der Waals surface area contributed by atoms with Gasteiger partial charge in [-0.05, 0) is 19.4 Å². The molecule has 3 nitrogen and oxygen atoms in total. The van der Waals surface area contributed by atoms with Crippen molar-refractivity contribution in [2.45, 2.75) is 33.2 Å². The first-order valence-corrected chi connectivity index (χ1v) is 6.30. The van der Waals surface area contributed by atoms with Crippen LogP contribution in [0.5, 0.6) is 11.5 Å². The number of nitrogens with two attached hydrogens (primary N) is 1. The highest BCUT2D eigenvalue weighted by molar-refractivity contribution is 5.40. The summed E-state index contributed by atoms with van der Waals surface area (Å²) < 4.78 is 11.3. The summed E-state index contributed by atoms with van der Waals surface area (Å²) in [7, 11) is 0. The molecule has 1 rings (SSSR count). The molecule has 0 radical (unpaired) electrons. The first-order chi connectivity index (χ1) is 8.81. The van der Waals surface area contributed by atoms with Gasteiger partial charge in [0.05, 0.1) is 13.2 Å². The minimum atomic E-state index is 0.461. The van der Waals surface area contributed by atoms with Crippen molar-refractivity contribution in [2.24, 2.45) is 5.73 Å². The number of rotatable bonds is 7. The minimum Gasteiger partial charge on any atom is -0.493 e. The molecule has 0 aromatic heterocycles. The third-order valence-electron chi connectivity index (χ3n) is 2.39. The van der Waals surface area contributed by atoms with Crippen LogP contribution in [-0.4, -0.2) is 13.2 Å². The normalized spacial score (nSPS) is 9.50. The van der Waals surface area contributed by atoms with Crippen LogP contribution in [0.2, 0.25) is 0 Å². The highest BCUT2D eigenvalue weighted by atomic mass is 16.5. The van der Waals surface area contributed by atoms with Gasteiger partial charge in [-0.15, -0.1) is 11.8 Å². The highest BCUT2D eigenvalue weighted by Crippen LogP contribution is 2.25. The Kier molecular flexibility index (Phi) is 6.75. The second-order valence-electron chi connectivity index (χ2n) is 3.85. The lowest BCUT2D eigenvalue weighted by Crippen LogP contribution is -2.04. The van der Waals surface area contributed by atoms with Crippen LogP contribution in [0.3, 0.4) is 0 Å². The molecule has 0 unspecified atom stereocenters. The van der Waals surface area contributed by atoms with Crippen molar-refractivity contribution in [1.82, 2.24) is 0 Å². The molecule has 0 aliphatic rings. The predicted molar refractivity (Wildman–Crippen MR) is 73.7 cm³/mol. The van der Waals surface area contributed by atoms with E-state index >= 15 is 0 Å². The second kappa shape index (κ2) is 8.43. The highest BCUT2D eigenvalue weighted by Gasteiger charge is 2.04. The molecule has 0 bridgehead atoms. The van der Waals surface area contributed by atoms with Crippen molar-refractivity contribution < 1.29 is 9.47 Å². The van der Waals surface area contributed by atoms with Gasteiger partial charge in [0.25, 0.3) is 0 Å². The van der Waals surface area contributed by atoms with Crippen molar-refractivity contribution >= 4 is 0 Å². The van der Waals surface area contributed by atoms with Crippen molar-refractivity contribution in [1.29, 1.82) is 0 Å². The first-order valence-electron chi connectivity index (χ1n) is 6.30. The third-order valence-corrected chi connectivity index (χ3v) is 2.39. The molecule has 0 heterocycles. The van der Waals surface area contributed by atoms with Gasteiger partial charge >= 0.3 is 0 Å². The molecule has 98 valence electrons. The van der Waals surface area contributed by atoms with Gasteiger partial charge < -0.3 is 15.2 Å². The molecule has 0 atom stereocenters. The summed E-state index contributed by atoms with van der Waals surface area (Å²) in [5, 5.41) is 0. The van der Waals surface area contributed by atoms with E-state index in [1.54, 1.807) is 0 Å². The molecule has 0 saturated heterocycles. The lowest BCUT2D eigenvalue weighted by atomic mass is 10.2. The van der Waals surface area contributed by atoms with Crippen molar-refractivity contribution in [3.8, 4) is 23.3 Å². The summed E-state index contributed by atoms with van der Waals surface area (Å²) in [6, 6.07) is 5.78. The summed E-state index contributed by atoms with van der Waals surface area (Å²) in [4.78, 5) is 0. The number of ether oxygens (including phenoxy) is 2. The number of benzene rings is 1. The fraction of sp³-hybridized carbons (Fsp3) is 0.467. The lowest BCUT2D eigenvalue weighted by molar-refractivity contribution is 0.304. The predicted octanol–water partition coefficient (Wildman–Crippen LogP) is 2.73. The van der Waals surface area contributed by atoms with E-state index < -0.39 is 0 Å². The van der Waals surface area contributed by atoms with E-state index in [-0.39, 0.29) is 0 Å². The van der Waals surface area contributed by atoms with Crippen LogP contribution in [0.25, 0.3) is 0 Å². The van der Waals surface area contributed by atoms with Crippen molar-refractivity contribution in [3.05, 3.63) is 23.8 Å². The van der Waals surface area contributed by atoms with Gasteiger partial charge in [0.15, 0.2) is 0 Å². The van der Waals surface area contributed by atoms with Gasteiger partial charge in [-0.3, -0.25) is 0 Å². The second-order valence-corrected chi connectivity index (χ2v) is 3.85.